The molecule has 0 aliphatic carbocycles. The van der Waals surface area contributed by atoms with E-state index >= 15 is 0 Å². The van der Waals surface area contributed by atoms with Gasteiger partial charge in [0, 0.05) is 19.7 Å². The number of cyclic esters (lactones) is 1. The third kappa shape index (κ3) is 2.61. The lowest BCUT2D eigenvalue weighted by molar-refractivity contribution is -0.128. The van der Waals surface area contributed by atoms with Crippen molar-refractivity contribution in [1.82, 2.24) is 4.90 Å². The summed E-state index contributed by atoms with van der Waals surface area (Å²) in [5.74, 6) is -0.0378. The summed E-state index contributed by atoms with van der Waals surface area (Å²) in [5.41, 5.74) is 0.815. The maximum atomic E-state index is 11.7. The number of para-hydroxylation sites is 1. The molecular weight excluding hydrogens is 232 g/mol. The molecule has 96 valence electrons. The second kappa shape index (κ2) is 5.08. The molecule has 0 saturated carbocycles. The minimum atomic E-state index is -0.358. The Balaban J connectivity index is 2.01. The minimum Gasteiger partial charge on any atom is -0.442 e. The Bertz CT molecular complexity index is 447. The number of nitrogens with zero attached hydrogens (tertiary/aromatic N) is 2. The van der Waals surface area contributed by atoms with E-state index in [0.717, 1.165) is 5.69 Å². The van der Waals surface area contributed by atoms with Crippen LogP contribution in [0.1, 0.15) is 6.92 Å². The van der Waals surface area contributed by atoms with E-state index in [1.165, 1.54) is 6.92 Å². The number of rotatable bonds is 3. The summed E-state index contributed by atoms with van der Waals surface area (Å²) in [7, 11) is 1.70. The van der Waals surface area contributed by atoms with Gasteiger partial charge in [-0.3, -0.25) is 9.69 Å². The predicted molar refractivity (Wildman–Crippen MR) is 67.4 cm³/mol. The van der Waals surface area contributed by atoms with Crippen molar-refractivity contribution >= 4 is 17.7 Å². The van der Waals surface area contributed by atoms with E-state index in [4.69, 9.17) is 4.74 Å². The number of carbonyl (C=O) groups is 2. The van der Waals surface area contributed by atoms with Crippen LogP contribution in [0.3, 0.4) is 0 Å². The summed E-state index contributed by atoms with van der Waals surface area (Å²) >= 11 is 0. The summed E-state index contributed by atoms with van der Waals surface area (Å²) in [6.07, 6.45) is -0.630. The molecule has 2 amide bonds. The number of ether oxygens (including phenoxy) is 1. The van der Waals surface area contributed by atoms with Gasteiger partial charge in [0.15, 0.2) is 0 Å². The lowest BCUT2D eigenvalue weighted by Crippen LogP contribution is -2.35. The lowest BCUT2D eigenvalue weighted by Gasteiger charge is -2.18. The molecule has 0 spiro atoms. The normalized spacial score (nSPS) is 18.7. The molecular formula is C13H16N2O3. The van der Waals surface area contributed by atoms with E-state index in [1.54, 1.807) is 16.8 Å². The number of hydrogen-bond acceptors (Lipinski definition) is 3. The van der Waals surface area contributed by atoms with Crippen molar-refractivity contribution < 1.29 is 14.3 Å². The maximum absolute atomic E-state index is 11.7. The van der Waals surface area contributed by atoms with Gasteiger partial charge in [-0.1, -0.05) is 18.2 Å². The summed E-state index contributed by atoms with van der Waals surface area (Å²) in [6.45, 7) is 2.39. The molecule has 18 heavy (non-hydrogen) atoms. The summed E-state index contributed by atoms with van der Waals surface area (Å²) in [5, 5.41) is 0. The van der Waals surface area contributed by atoms with Gasteiger partial charge in [0.25, 0.3) is 0 Å². The zero-order chi connectivity index (χ0) is 13.1. The Labute approximate surface area is 106 Å². The van der Waals surface area contributed by atoms with Crippen molar-refractivity contribution in [3.63, 3.8) is 0 Å². The average molecular weight is 248 g/mol. The van der Waals surface area contributed by atoms with E-state index in [0.29, 0.717) is 13.1 Å². The van der Waals surface area contributed by atoms with Crippen LogP contribution in [0.4, 0.5) is 10.5 Å². The number of hydrogen-bond donors (Lipinski definition) is 0. The standard InChI is InChI=1S/C13H16N2O3/c1-10(16)14(2)8-12-9-15(13(17)18-12)11-6-4-3-5-7-11/h3-7,12H,8-9H2,1-2H3/t12-/m1/s1. The highest BCUT2D eigenvalue weighted by atomic mass is 16.6. The molecule has 1 aromatic rings. The van der Waals surface area contributed by atoms with Gasteiger partial charge in [0.1, 0.15) is 6.10 Å². The van der Waals surface area contributed by atoms with Crippen molar-refractivity contribution in [2.24, 2.45) is 0 Å². The first-order valence-electron chi connectivity index (χ1n) is 5.83. The molecule has 1 aliphatic heterocycles. The lowest BCUT2D eigenvalue weighted by atomic mass is 10.2. The molecule has 2 rings (SSSR count). The monoisotopic (exact) mass is 248 g/mol. The molecule has 0 N–H and O–H groups in total. The molecule has 1 fully saturated rings. The largest absolute Gasteiger partial charge is 0.442 e. The molecule has 0 unspecified atom stereocenters. The topological polar surface area (TPSA) is 49.9 Å². The van der Waals surface area contributed by atoms with Crippen molar-refractivity contribution in [2.45, 2.75) is 13.0 Å². The smallest absolute Gasteiger partial charge is 0.414 e. The number of benzene rings is 1. The molecule has 1 atom stereocenters. The van der Waals surface area contributed by atoms with Crippen LogP contribution in [0.25, 0.3) is 0 Å². The van der Waals surface area contributed by atoms with E-state index in [1.807, 2.05) is 30.3 Å². The van der Waals surface area contributed by atoms with Crippen LogP contribution in [0, 0.1) is 0 Å². The first-order chi connectivity index (χ1) is 8.58. The van der Waals surface area contributed by atoms with Crippen LogP contribution in [0.2, 0.25) is 0 Å². The maximum Gasteiger partial charge on any atom is 0.414 e. The molecule has 5 nitrogen and oxygen atoms in total. The molecule has 0 aromatic heterocycles. The molecule has 1 aromatic carbocycles. The molecule has 1 aliphatic rings. The number of carbonyl (C=O) groups excluding carboxylic acids is 2. The fraction of sp³-hybridized carbons (Fsp3) is 0.385. The summed E-state index contributed by atoms with van der Waals surface area (Å²) < 4.78 is 5.24. The number of amides is 2. The number of likely N-dealkylation sites (N-methyl/N-ethyl adjacent to an activating group) is 1. The van der Waals surface area contributed by atoms with Crippen LogP contribution in [-0.2, 0) is 9.53 Å². The third-order valence-corrected chi connectivity index (χ3v) is 2.96. The van der Waals surface area contributed by atoms with Gasteiger partial charge in [-0.05, 0) is 12.1 Å². The quantitative estimate of drug-likeness (QED) is 0.814. The van der Waals surface area contributed by atoms with Gasteiger partial charge in [-0.2, -0.15) is 0 Å². The zero-order valence-electron chi connectivity index (χ0n) is 10.5. The van der Waals surface area contributed by atoms with E-state index in [-0.39, 0.29) is 18.1 Å². The first-order valence-corrected chi connectivity index (χ1v) is 5.83. The SMILES string of the molecule is CC(=O)N(C)C[C@@H]1CN(c2ccccc2)C(=O)O1. The third-order valence-electron chi connectivity index (χ3n) is 2.96. The highest BCUT2D eigenvalue weighted by Crippen LogP contribution is 2.21. The van der Waals surface area contributed by atoms with Gasteiger partial charge in [0.2, 0.25) is 5.91 Å². The Morgan fingerprint density at radius 1 is 1.44 bits per heavy atom. The fourth-order valence-corrected chi connectivity index (χ4v) is 1.87. The number of anilines is 1. The average Bonchev–Trinajstić information content (AvgIpc) is 2.71. The zero-order valence-corrected chi connectivity index (χ0v) is 10.5. The van der Waals surface area contributed by atoms with Crippen LogP contribution in [0.5, 0.6) is 0 Å². The van der Waals surface area contributed by atoms with Crippen LogP contribution in [0.15, 0.2) is 30.3 Å². The van der Waals surface area contributed by atoms with Crippen molar-refractivity contribution in [1.29, 1.82) is 0 Å². The predicted octanol–water partition coefficient (Wildman–Crippen LogP) is 1.49. The summed E-state index contributed by atoms with van der Waals surface area (Å²) in [4.78, 5) is 26.0. The first kappa shape index (κ1) is 12.4. The Morgan fingerprint density at radius 3 is 2.72 bits per heavy atom. The van der Waals surface area contributed by atoms with Gasteiger partial charge in [-0.15, -0.1) is 0 Å². The van der Waals surface area contributed by atoms with E-state index in [2.05, 4.69) is 0 Å². The van der Waals surface area contributed by atoms with Crippen LogP contribution >= 0.6 is 0 Å². The second-order valence-electron chi connectivity index (χ2n) is 4.35. The van der Waals surface area contributed by atoms with Crippen LogP contribution in [-0.4, -0.2) is 43.1 Å². The Kier molecular flexibility index (Phi) is 3.50. The van der Waals surface area contributed by atoms with Crippen molar-refractivity contribution in [3.8, 4) is 0 Å². The van der Waals surface area contributed by atoms with Crippen molar-refractivity contribution in [2.75, 3.05) is 25.0 Å². The van der Waals surface area contributed by atoms with Gasteiger partial charge in [0.05, 0.1) is 13.1 Å². The minimum absolute atomic E-state index is 0.0378. The molecule has 0 bridgehead atoms. The van der Waals surface area contributed by atoms with Crippen LogP contribution < -0.4 is 4.90 Å². The summed E-state index contributed by atoms with van der Waals surface area (Å²) in [6, 6.07) is 9.36. The fourth-order valence-electron chi connectivity index (χ4n) is 1.87. The van der Waals surface area contributed by atoms with Crippen molar-refractivity contribution in [3.05, 3.63) is 30.3 Å². The highest BCUT2D eigenvalue weighted by molar-refractivity contribution is 5.89. The second-order valence-corrected chi connectivity index (χ2v) is 4.35. The van der Waals surface area contributed by atoms with E-state index < -0.39 is 0 Å². The Hall–Kier alpha value is -2.04. The molecule has 1 saturated heterocycles. The van der Waals surface area contributed by atoms with E-state index in [9.17, 15) is 9.59 Å². The molecule has 1 heterocycles. The van der Waals surface area contributed by atoms with Gasteiger partial charge < -0.3 is 9.64 Å². The molecule has 0 radical (unpaired) electrons. The highest BCUT2D eigenvalue weighted by Gasteiger charge is 2.33. The van der Waals surface area contributed by atoms with Gasteiger partial charge >= 0.3 is 6.09 Å². The Morgan fingerprint density at radius 2 is 2.11 bits per heavy atom. The molecule has 5 heteroatoms. The van der Waals surface area contributed by atoms with Gasteiger partial charge in [-0.25, -0.2) is 4.79 Å².